The van der Waals surface area contributed by atoms with Gasteiger partial charge in [-0.15, -0.1) is 11.3 Å². The van der Waals surface area contributed by atoms with Crippen LogP contribution in [-0.2, 0) is 0 Å². The highest BCUT2D eigenvalue weighted by molar-refractivity contribution is 7.09. The number of hydrogen-bond acceptors (Lipinski definition) is 6. The van der Waals surface area contributed by atoms with Gasteiger partial charge in [-0.05, 0) is 27.2 Å². The molecule has 2 aromatic heterocycles. The van der Waals surface area contributed by atoms with Crippen molar-refractivity contribution in [1.82, 2.24) is 15.0 Å². The fourth-order valence-electron chi connectivity index (χ4n) is 1.86. The van der Waals surface area contributed by atoms with Crippen LogP contribution in [0, 0.1) is 13.8 Å². The predicted octanol–water partition coefficient (Wildman–Crippen LogP) is 3.54. The van der Waals surface area contributed by atoms with Gasteiger partial charge in [0, 0.05) is 23.2 Å². The molecule has 2 N–H and O–H groups in total. The van der Waals surface area contributed by atoms with Crippen LogP contribution >= 0.6 is 11.3 Å². The molecular formula is C14H21N5S. The lowest BCUT2D eigenvalue weighted by atomic mass is 10.2. The summed E-state index contributed by atoms with van der Waals surface area (Å²) in [6, 6.07) is 0.140. The Balaban J connectivity index is 2.12. The van der Waals surface area contributed by atoms with E-state index in [2.05, 4.69) is 44.8 Å². The van der Waals surface area contributed by atoms with E-state index < -0.39 is 0 Å². The SMILES string of the molecule is CCCNc1ncnc(NC(C)c2nc(C)cs2)c1C. The van der Waals surface area contributed by atoms with Crippen LogP contribution in [0.1, 0.15) is 42.6 Å². The first-order chi connectivity index (χ1) is 9.61. The fourth-order valence-corrected chi connectivity index (χ4v) is 2.66. The van der Waals surface area contributed by atoms with Crippen molar-refractivity contribution < 1.29 is 0 Å². The second-order valence-corrected chi connectivity index (χ2v) is 5.71. The fraction of sp³-hybridized carbons (Fsp3) is 0.500. The topological polar surface area (TPSA) is 62.7 Å². The largest absolute Gasteiger partial charge is 0.370 e. The van der Waals surface area contributed by atoms with Crippen LogP contribution in [0.15, 0.2) is 11.7 Å². The van der Waals surface area contributed by atoms with Gasteiger partial charge >= 0.3 is 0 Å². The molecule has 108 valence electrons. The third-order valence-corrected chi connectivity index (χ3v) is 4.13. The maximum absolute atomic E-state index is 4.51. The van der Waals surface area contributed by atoms with Crippen molar-refractivity contribution in [3.8, 4) is 0 Å². The van der Waals surface area contributed by atoms with Crippen LogP contribution in [-0.4, -0.2) is 21.5 Å². The maximum atomic E-state index is 4.51. The van der Waals surface area contributed by atoms with Crippen molar-refractivity contribution in [1.29, 1.82) is 0 Å². The highest BCUT2D eigenvalue weighted by atomic mass is 32.1. The molecule has 0 spiro atoms. The van der Waals surface area contributed by atoms with Gasteiger partial charge in [0.05, 0.1) is 6.04 Å². The van der Waals surface area contributed by atoms with Gasteiger partial charge in [0.1, 0.15) is 23.0 Å². The minimum Gasteiger partial charge on any atom is -0.370 e. The van der Waals surface area contributed by atoms with Crippen LogP contribution in [0.3, 0.4) is 0 Å². The Labute approximate surface area is 123 Å². The van der Waals surface area contributed by atoms with E-state index in [1.807, 2.05) is 13.8 Å². The van der Waals surface area contributed by atoms with Gasteiger partial charge in [-0.2, -0.15) is 0 Å². The molecule has 0 fully saturated rings. The first-order valence-corrected chi connectivity index (χ1v) is 7.73. The second kappa shape index (κ2) is 6.65. The van der Waals surface area contributed by atoms with E-state index in [1.165, 1.54) is 0 Å². The molecule has 1 unspecified atom stereocenters. The highest BCUT2D eigenvalue weighted by Gasteiger charge is 2.13. The van der Waals surface area contributed by atoms with Gasteiger partial charge in [0.25, 0.3) is 0 Å². The smallest absolute Gasteiger partial charge is 0.134 e. The molecule has 0 aliphatic rings. The molecule has 0 saturated heterocycles. The Kier molecular flexibility index (Phi) is 4.89. The van der Waals surface area contributed by atoms with Crippen molar-refractivity contribution in [3.63, 3.8) is 0 Å². The molecule has 1 atom stereocenters. The molecule has 0 aliphatic heterocycles. The monoisotopic (exact) mass is 291 g/mol. The van der Waals surface area contributed by atoms with Crippen molar-refractivity contribution >= 4 is 23.0 Å². The molecule has 0 aromatic carbocycles. The molecule has 2 rings (SSSR count). The Morgan fingerprint density at radius 2 is 2.00 bits per heavy atom. The predicted molar refractivity (Wildman–Crippen MR) is 84.4 cm³/mol. The third-order valence-electron chi connectivity index (χ3n) is 2.99. The quantitative estimate of drug-likeness (QED) is 0.852. The molecular weight excluding hydrogens is 270 g/mol. The maximum Gasteiger partial charge on any atom is 0.134 e. The van der Waals surface area contributed by atoms with Crippen LogP contribution in [0.4, 0.5) is 11.6 Å². The van der Waals surface area contributed by atoms with Gasteiger partial charge in [-0.25, -0.2) is 15.0 Å². The van der Waals surface area contributed by atoms with Gasteiger partial charge in [0.15, 0.2) is 0 Å². The minimum atomic E-state index is 0.140. The first kappa shape index (κ1) is 14.7. The summed E-state index contributed by atoms with van der Waals surface area (Å²) in [7, 11) is 0. The summed E-state index contributed by atoms with van der Waals surface area (Å²) in [4.78, 5) is 13.1. The Morgan fingerprint density at radius 3 is 2.65 bits per heavy atom. The number of nitrogens with one attached hydrogen (secondary N) is 2. The Bertz CT molecular complexity index is 566. The van der Waals surface area contributed by atoms with Crippen LogP contribution in [0.5, 0.6) is 0 Å². The number of rotatable bonds is 6. The molecule has 20 heavy (non-hydrogen) atoms. The summed E-state index contributed by atoms with van der Waals surface area (Å²) in [6.07, 6.45) is 2.66. The summed E-state index contributed by atoms with van der Waals surface area (Å²) in [5.41, 5.74) is 2.10. The molecule has 0 radical (unpaired) electrons. The number of anilines is 2. The standard InChI is InChI=1S/C14H21N5S/c1-5-6-15-12-10(3)13(17-8-16-12)19-11(4)14-18-9(2)7-20-14/h7-8,11H,5-6H2,1-4H3,(H2,15,16,17,19). The van der Waals surface area contributed by atoms with E-state index in [1.54, 1.807) is 17.7 Å². The average molecular weight is 291 g/mol. The molecule has 0 amide bonds. The van der Waals surface area contributed by atoms with E-state index in [0.717, 1.165) is 40.9 Å². The summed E-state index contributed by atoms with van der Waals surface area (Å²) in [5, 5.41) is 9.87. The van der Waals surface area contributed by atoms with Crippen molar-refractivity contribution in [2.75, 3.05) is 17.2 Å². The van der Waals surface area contributed by atoms with Crippen molar-refractivity contribution in [3.05, 3.63) is 28.0 Å². The van der Waals surface area contributed by atoms with Crippen molar-refractivity contribution in [2.24, 2.45) is 0 Å². The molecule has 2 aromatic rings. The van der Waals surface area contributed by atoms with Gasteiger partial charge in [-0.3, -0.25) is 0 Å². The zero-order chi connectivity index (χ0) is 14.5. The minimum absolute atomic E-state index is 0.140. The van der Waals surface area contributed by atoms with Gasteiger partial charge in [-0.1, -0.05) is 6.92 Å². The molecule has 0 saturated carbocycles. The van der Waals surface area contributed by atoms with E-state index in [-0.39, 0.29) is 6.04 Å². The lowest BCUT2D eigenvalue weighted by Crippen LogP contribution is -2.12. The number of nitrogens with zero attached hydrogens (tertiary/aromatic N) is 3. The van der Waals surface area contributed by atoms with E-state index >= 15 is 0 Å². The van der Waals surface area contributed by atoms with Crippen LogP contribution < -0.4 is 10.6 Å². The van der Waals surface area contributed by atoms with E-state index in [4.69, 9.17) is 0 Å². The molecule has 0 bridgehead atoms. The number of thiazole rings is 1. The molecule has 2 heterocycles. The first-order valence-electron chi connectivity index (χ1n) is 6.85. The normalized spacial score (nSPS) is 12.2. The molecule has 0 aliphatic carbocycles. The number of aromatic nitrogens is 3. The Morgan fingerprint density at radius 1 is 1.25 bits per heavy atom. The summed E-state index contributed by atoms with van der Waals surface area (Å²) in [6.45, 7) is 9.18. The molecule has 6 heteroatoms. The highest BCUT2D eigenvalue weighted by Crippen LogP contribution is 2.25. The zero-order valence-corrected chi connectivity index (χ0v) is 13.2. The number of aryl methyl sites for hydroxylation is 1. The summed E-state index contributed by atoms with van der Waals surface area (Å²) in [5.74, 6) is 1.76. The van der Waals surface area contributed by atoms with Gasteiger partial charge in [0.2, 0.25) is 0 Å². The zero-order valence-electron chi connectivity index (χ0n) is 12.4. The van der Waals surface area contributed by atoms with Crippen LogP contribution in [0.2, 0.25) is 0 Å². The molecule has 5 nitrogen and oxygen atoms in total. The van der Waals surface area contributed by atoms with Crippen LogP contribution in [0.25, 0.3) is 0 Å². The summed E-state index contributed by atoms with van der Waals surface area (Å²) >= 11 is 1.67. The number of hydrogen-bond donors (Lipinski definition) is 2. The lowest BCUT2D eigenvalue weighted by molar-refractivity contribution is 0.849. The van der Waals surface area contributed by atoms with E-state index in [9.17, 15) is 0 Å². The second-order valence-electron chi connectivity index (χ2n) is 4.82. The van der Waals surface area contributed by atoms with Gasteiger partial charge < -0.3 is 10.6 Å². The van der Waals surface area contributed by atoms with E-state index in [0.29, 0.717) is 0 Å². The summed E-state index contributed by atoms with van der Waals surface area (Å²) < 4.78 is 0. The third kappa shape index (κ3) is 3.45. The Hall–Kier alpha value is -1.69. The van der Waals surface area contributed by atoms with Crippen molar-refractivity contribution in [2.45, 2.75) is 40.2 Å². The lowest BCUT2D eigenvalue weighted by Gasteiger charge is -2.16. The average Bonchev–Trinajstić information content (AvgIpc) is 2.86.